The highest BCUT2D eigenvalue weighted by Gasteiger charge is 2.64. The van der Waals surface area contributed by atoms with Crippen LogP contribution in [0.1, 0.15) is 33.6 Å². The zero-order valence-corrected chi connectivity index (χ0v) is 10.3. The molecule has 5 nitrogen and oxygen atoms in total. The Balaban J connectivity index is 2.55. The molecule has 1 saturated carbocycles. The lowest BCUT2D eigenvalue weighted by molar-refractivity contribution is -0.160. The number of imide groups is 1. The lowest BCUT2D eigenvalue weighted by Crippen LogP contribution is -2.59. The van der Waals surface area contributed by atoms with Crippen molar-refractivity contribution in [1.82, 2.24) is 4.31 Å². The van der Waals surface area contributed by atoms with Gasteiger partial charge in [0, 0.05) is 5.92 Å². The lowest BCUT2D eigenvalue weighted by atomic mass is 9.63. The van der Waals surface area contributed by atoms with Crippen LogP contribution in [0.15, 0.2) is 0 Å². The summed E-state index contributed by atoms with van der Waals surface area (Å²) in [5.74, 6) is -1.52. The van der Waals surface area contributed by atoms with Crippen molar-refractivity contribution in [2.75, 3.05) is 0 Å². The molecule has 1 aliphatic carbocycles. The van der Waals surface area contributed by atoms with Crippen LogP contribution in [0, 0.1) is 16.7 Å². The van der Waals surface area contributed by atoms with E-state index in [0.29, 0.717) is 17.1 Å². The van der Waals surface area contributed by atoms with Crippen LogP contribution in [0.5, 0.6) is 0 Å². The first kappa shape index (κ1) is 11.7. The standard InChI is InChI=1S/C10H15NO4S/c1-9(2)6-4-5-10(9,3)8(13)11(7(6)12)16(14)15/h6H,4-5H2,1-3H3,(H,14,15)/p-1. The summed E-state index contributed by atoms with van der Waals surface area (Å²) >= 11 is -2.79. The molecule has 2 rings (SSSR count). The van der Waals surface area contributed by atoms with Gasteiger partial charge in [-0.15, -0.1) is 0 Å². The summed E-state index contributed by atoms with van der Waals surface area (Å²) in [6.07, 6.45) is 1.16. The molecule has 1 saturated heterocycles. The van der Waals surface area contributed by atoms with E-state index in [0.717, 1.165) is 0 Å². The highest BCUT2D eigenvalue weighted by molar-refractivity contribution is 7.77. The van der Waals surface area contributed by atoms with Crippen LogP contribution < -0.4 is 0 Å². The van der Waals surface area contributed by atoms with E-state index in [1.54, 1.807) is 6.92 Å². The fraction of sp³-hybridized carbons (Fsp3) is 0.800. The number of carbonyl (C=O) groups excluding carboxylic acids is 2. The van der Waals surface area contributed by atoms with Crippen LogP contribution in [0.4, 0.5) is 0 Å². The van der Waals surface area contributed by atoms with Crippen molar-refractivity contribution in [3.8, 4) is 0 Å². The average Bonchev–Trinajstić information content (AvgIpc) is 2.31. The van der Waals surface area contributed by atoms with Crippen molar-refractivity contribution in [1.29, 1.82) is 0 Å². The number of fused-ring (bicyclic) bond motifs is 2. The number of hydrogen-bond donors (Lipinski definition) is 0. The normalized spacial score (nSPS) is 39.0. The summed E-state index contributed by atoms with van der Waals surface area (Å²) in [7, 11) is 0. The molecule has 16 heavy (non-hydrogen) atoms. The molecule has 1 heterocycles. The topological polar surface area (TPSA) is 77.5 Å². The Bertz CT molecular complexity index is 406. The Kier molecular flexibility index (Phi) is 2.30. The summed E-state index contributed by atoms with van der Waals surface area (Å²) in [5, 5.41) is 0. The third-order valence-electron chi connectivity index (χ3n) is 4.53. The van der Waals surface area contributed by atoms with Gasteiger partial charge in [-0.1, -0.05) is 20.8 Å². The Labute approximate surface area is 96.6 Å². The number of rotatable bonds is 1. The largest absolute Gasteiger partial charge is 0.755 e. The molecule has 2 bridgehead atoms. The zero-order chi connectivity index (χ0) is 12.3. The lowest BCUT2D eigenvalue weighted by Gasteiger charge is -2.47. The third-order valence-corrected chi connectivity index (χ3v) is 5.17. The van der Waals surface area contributed by atoms with Crippen molar-refractivity contribution in [3.63, 3.8) is 0 Å². The van der Waals surface area contributed by atoms with Gasteiger partial charge in [0.15, 0.2) is 0 Å². The highest BCUT2D eigenvalue weighted by atomic mass is 32.2. The van der Waals surface area contributed by atoms with Crippen molar-refractivity contribution in [2.45, 2.75) is 33.6 Å². The second-order valence-corrected chi connectivity index (χ2v) is 6.10. The van der Waals surface area contributed by atoms with Crippen LogP contribution in [0.2, 0.25) is 0 Å². The predicted octanol–water partition coefficient (Wildman–Crippen LogP) is 0.592. The Morgan fingerprint density at radius 2 is 1.94 bits per heavy atom. The number of nitrogens with zero attached hydrogens (tertiary/aromatic N) is 1. The fourth-order valence-corrected chi connectivity index (χ4v) is 3.53. The van der Waals surface area contributed by atoms with Crippen molar-refractivity contribution in [2.24, 2.45) is 16.7 Å². The molecule has 6 heteroatoms. The van der Waals surface area contributed by atoms with E-state index >= 15 is 0 Å². The third kappa shape index (κ3) is 1.11. The van der Waals surface area contributed by atoms with Gasteiger partial charge in [0.2, 0.25) is 11.8 Å². The summed E-state index contributed by atoms with van der Waals surface area (Å²) in [5.41, 5.74) is -1.21. The van der Waals surface area contributed by atoms with Gasteiger partial charge in [-0.3, -0.25) is 13.8 Å². The molecule has 3 unspecified atom stereocenters. The Morgan fingerprint density at radius 1 is 1.38 bits per heavy atom. The van der Waals surface area contributed by atoms with E-state index in [4.69, 9.17) is 0 Å². The molecule has 0 spiro atoms. The maximum absolute atomic E-state index is 12.1. The quantitative estimate of drug-likeness (QED) is 0.499. The van der Waals surface area contributed by atoms with Gasteiger partial charge >= 0.3 is 0 Å². The van der Waals surface area contributed by atoms with Crippen LogP contribution >= 0.6 is 0 Å². The molecule has 90 valence electrons. The van der Waals surface area contributed by atoms with E-state index in [1.807, 2.05) is 13.8 Å². The first-order chi connectivity index (χ1) is 7.23. The average molecular weight is 244 g/mol. The molecule has 0 aromatic carbocycles. The second kappa shape index (κ2) is 3.13. The molecule has 0 radical (unpaired) electrons. The predicted molar refractivity (Wildman–Crippen MR) is 55.4 cm³/mol. The molecular weight excluding hydrogens is 230 g/mol. The molecule has 1 aliphatic heterocycles. The molecule has 0 aromatic rings. The van der Waals surface area contributed by atoms with Gasteiger partial charge in [0.05, 0.1) is 16.7 Å². The van der Waals surface area contributed by atoms with Gasteiger partial charge in [-0.2, -0.15) is 0 Å². The minimum absolute atomic E-state index is 0.368. The van der Waals surface area contributed by atoms with Gasteiger partial charge < -0.3 is 4.55 Å². The maximum atomic E-state index is 12.1. The first-order valence-electron chi connectivity index (χ1n) is 5.21. The molecule has 3 atom stereocenters. The van der Waals surface area contributed by atoms with Crippen LogP contribution in [-0.4, -0.2) is 24.9 Å². The monoisotopic (exact) mass is 244 g/mol. The zero-order valence-electron chi connectivity index (χ0n) is 9.48. The number of amides is 2. The van der Waals surface area contributed by atoms with Crippen molar-refractivity contribution in [3.05, 3.63) is 0 Å². The second-order valence-electron chi connectivity index (χ2n) is 5.30. The van der Waals surface area contributed by atoms with E-state index in [1.165, 1.54) is 0 Å². The van der Waals surface area contributed by atoms with E-state index in [9.17, 15) is 18.4 Å². The summed E-state index contributed by atoms with van der Waals surface area (Å²) in [6.45, 7) is 5.48. The van der Waals surface area contributed by atoms with Crippen LogP contribution in [0.3, 0.4) is 0 Å². The highest BCUT2D eigenvalue weighted by Crippen LogP contribution is 2.60. The minimum Gasteiger partial charge on any atom is -0.755 e. The summed E-state index contributed by atoms with van der Waals surface area (Å²) in [6, 6.07) is 0. The Morgan fingerprint density at radius 3 is 2.44 bits per heavy atom. The van der Waals surface area contributed by atoms with Crippen molar-refractivity contribution >= 4 is 23.1 Å². The minimum atomic E-state index is -2.79. The number of carbonyl (C=O) groups is 2. The number of piperidine rings is 1. The summed E-state index contributed by atoms with van der Waals surface area (Å²) < 4.78 is 22.3. The SMILES string of the molecule is CC12CCC(C(=O)N(S(=O)[O-])C1=O)C2(C)C. The molecular formula is C10H14NO4S-. The smallest absolute Gasteiger partial charge is 0.246 e. The van der Waals surface area contributed by atoms with Gasteiger partial charge in [0.1, 0.15) is 0 Å². The van der Waals surface area contributed by atoms with E-state index in [-0.39, 0.29) is 5.92 Å². The molecule has 2 amide bonds. The Hall–Kier alpha value is -0.750. The molecule has 0 N–H and O–H groups in total. The van der Waals surface area contributed by atoms with Crippen LogP contribution in [0.25, 0.3) is 0 Å². The first-order valence-corrected chi connectivity index (χ1v) is 6.24. The van der Waals surface area contributed by atoms with Crippen molar-refractivity contribution < 1.29 is 18.4 Å². The maximum Gasteiger partial charge on any atom is 0.246 e. The fourth-order valence-electron chi connectivity index (χ4n) is 2.92. The van der Waals surface area contributed by atoms with E-state index in [2.05, 4.69) is 0 Å². The molecule has 2 aliphatic rings. The van der Waals surface area contributed by atoms with Crippen LogP contribution in [-0.2, 0) is 20.9 Å². The summed E-state index contributed by atoms with van der Waals surface area (Å²) in [4.78, 5) is 24.0. The number of hydrogen-bond acceptors (Lipinski definition) is 4. The molecule has 0 aromatic heterocycles. The van der Waals surface area contributed by atoms with Gasteiger partial charge in [0.25, 0.3) is 0 Å². The van der Waals surface area contributed by atoms with Gasteiger partial charge in [-0.25, -0.2) is 4.31 Å². The molecule has 2 fully saturated rings. The van der Waals surface area contributed by atoms with E-state index < -0.39 is 33.9 Å². The van der Waals surface area contributed by atoms with Gasteiger partial charge in [-0.05, 0) is 18.3 Å².